The molecule has 1 aromatic heterocycles. The maximum Gasteiger partial charge on any atom is 0.0941 e. The minimum absolute atomic E-state index is 0.806. The Kier molecular flexibility index (Phi) is 3.36. The Bertz CT molecular complexity index is 580. The highest BCUT2D eigenvalue weighted by molar-refractivity contribution is 7.16. The van der Waals surface area contributed by atoms with Crippen LogP contribution in [0.1, 0.15) is 36.3 Å². The van der Waals surface area contributed by atoms with Crippen LogP contribution in [-0.4, -0.2) is 0 Å². The van der Waals surface area contributed by atoms with Crippen LogP contribution in [0, 0.1) is 5.92 Å². The summed E-state index contributed by atoms with van der Waals surface area (Å²) in [4.78, 5) is 1.52. The van der Waals surface area contributed by atoms with E-state index in [9.17, 15) is 0 Å². The molecule has 0 radical (unpaired) electrons. The second-order valence-corrected chi connectivity index (χ2v) is 6.78. The lowest BCUT2D eigenvalue weighted by Crippen LogP contribution is -2.09. The average Bonchev–Trinajstić information content (AvgIpc) is 2.74. The van der Waals surface area contributed by atoms with Crippen molar-refractivity contribution in [2.45, 2.75) is 39.5 Å². The molecule has 2 heteroatoms. The van der Waals surface area contributed by atoms with Gasteiger partial charge in [0.1, 0.15) is 0 Å². The molecule has 100 valence electrons. The average molecular weight is 271 g/mol. The van der Waals surface area contributed by atoms with E-state index in [1.807, 2.05) is 0 Å². The summed E-state index contributed by atoms with van der Waals surface area (Å²) in [7, 11) is 0. The first-order valence-corrected chi connectivity index (χ1v) is 8.00. The number of thiophene rings is 1. The van der Waals surface area contributed by atoms with E-state index in [2.05, 4.69) is 38.1 Å². The third-order valence-corrected chi connectivity index (χ3v) is 5.27. The van der Waals surface area contributed by atoms with Gasteiger partial charge >= 0.3 is 0 Å². The molecule has 1 aromatic carbocycles. The summed E-state index contributed by atoms with van der Waals surface area (Å²) >= 11 is 1.80. The Morgan fingerprint density at radius 3 is 2.68 bits per heavy atom. The van der Waals surface area contributed by atoms with Gasteiger partial charge in [-0.1, -0.05) is 38.1 Å². The first kappa shape index (κ1) is 12.7. The van der Waals surface area contributed by atoms with E-state index in [1.54, 1.807) is 11.3 Å². The van der Waals surface area contributed by atoms with Gasteiger partial charge in [-0.15, -0.1) is 11.3 Å². The number of anilines is 1. The highest BCUT2D eigenvalue weighted by atomic mass is 32.1. The molecule has 0 bridgehead atoms. The Morgan fingerprint density at radius 2 is 2.00 bits per heavy atom. The Balaban J connectivity index is 2.04. The maximum atomic E-state index is 6.29. The molecule has 1 nitrogen and oxygen atoms in total. The van der Waals surface area contributed by atoms with Crippen LogP contribution in [0.15, 0.2) is 24.3 Å². The predicted octanol–water partition coefficient (Wildman–Crippen LogP) is 4.68. The molecule has 0 aliphatic heterocycles. The summed E-state index contributed by atoms with van der Waals surface area (Å²) in [5.74, 6) is 0.806. The smallest absolute Gasteiger partial charge is 0.0941 e. The van der Waals surface area contributed by atoms with E-state index in [0.29, 0.717) is 0 Å². The molecule has 0 saturated heterocycles. The third-order valence-electron chi connectivity index (χ3n) is 4.19. The predicted molar refractivity (Wildman–Crippen MR) is 84.7 cm³/mol. The minimum Gasteiger partial charge on any atom is -0.390 e. The van der Waals surface area contributed by atoms with Crippen molar-refractivity contribution in [3.8, 4) is 11.1 Å². The summed E-state index contributed by atoms with van der Waals surface area (Å²) in [6, 6.07) is 8.92. The first-order valence-electron chi connectivity index (χ1n) is 7.18. The Morgan fingerprint density at radius 1 is 1.26 bits per heavy atom. The van der Waals surface area contributed by atoms with Crippen molar-refractivity contribution in [2.24, 2.45) is 5.92 Å². The molecule has 2 aromatic rings. The molecule has 2 N–H and O–H groups in total. The quantitative estimate of drug-likeness (QED) is 0.843. The van der Waals surface area contributed by atoms with Gasteiger partial charge in [-0.2, -0.15) is 0 Å². The molecule has 0 fully saturated rings. The van der Waals surface area contributed by atoms with Gasteiger partial charge in [-0.25, -0.2) is 0 Å². The van der Waals surface area contributed by atoms with Crippen molar-refractivity contribution in [3.05, 3.63) is 40.3 Å². The molecular weight excluding hydrogens is 250 g/mol. The van der Waals surface area contributed by atoms with Crippen molar-refractivity contribution in [2.75, 3.05) is 5.73 Å². The molecule has 1 aliphatic rings. The fourth-order valence-corrected chi connectivity index (χ4v) is 4.30. The van der Waals surface area contributed by atoms with Crippen LogP contribution in [0.4, 0.5) is 5.00 Å². The SMILES string of the molecule is CCc1ccc(-c2c(N)sc3c2CCC(C)C3)cc1. The lowest BCUT2D eigenvalue weighted by atomic mass is 9.86. The summed E-state index contributed by atoms with van der Waals surface area (Å²) in [5, 5.41) is 1.00. The highest BCUT2D eigenvalue weighted by Crippen LogP contribution is 2.43. The molecule has 1 atom stereocenters. The number of hydrogen-bond acceptors (Lipinski definition) is 2. The molecule has 19 heavy (non-hydrogen) atoms. The van der Waals surface area contributed by atoms with Crippen molar-refractivity contribution in [3.63, 3.8) is 0 Å². The summed E-state index contributed by atoms with van der Waals surface area (Å²) in [5.41, 5.74) is 11.8. The maximum absolute atomic E-state index is 6.29. The number of nitrogen functional groups attached to an aromatic ring is 1. The van der Waals surface area contributed by atoms with Gasteiger partial charge in [0.25, 0.3) is 0 Å². The van der Waals surface area contributed by atoms with E-state index in [0.717, 1.165) is 17.3 Å². The van der Waals surface area contributed by atoms with Crippen molar-refractivity contribution in [1.29, 1.82) is 0 Å². The topological polar surface area (TPSA) is 26.0 Å². The Hall–Kier alpha value is -1.28. The van der Waals surface area contributed by atoms with Crippen molar-refractivity contribution in [1.82, 2.24) is 0 Å². The number of fused-ring (bicyclic) bond motifs is 1. The number of nitrogens with two attached hydrogens (primary N) is 1. The second-order valence-electron chi connectivity index (χ2n) is 5.64. The van der Waals surface area contributed by atoms with Crippen LogP contribution < -0.4 is 5.73 Å². The number of benzene rings is 1. The van der Waals surface area contributed by atoms with Gasteiger partial charge in [0.15, 0.2) is 0 Å². The van der Waals surface area contributed by atoms with E-state index in [4.69, 9.17) is 5.73 Å². The van der Waals surface area contributed by atoms with Gasteiger partial charge in [-0.3, -0.25) is 0 Å². The van der Waals surface area contributed by atoms with Gasteiger partial charge in [0.2, 0.25) is 0 Å². The third kappa shape index (κ3) is 2.30. The molecule has 1 unspecified atom stereocenters. The molecule has 1 heterocycles. The van der Waals surface area contributed by atoms with Crippen LogP contribution in [0.3, 0.4) is 0 Å². The van der Waals surface area contributed by atoms with Gasteiger partial charge in [0, 0.05) is 10.4 Å². The molecule has 1 aliphatic carbocycles. The normalized spacial score (nSPS) is 18.3. The van der Waals surface area contributed by atoms with E-state index in [-0.39, 0.29) is 0 Å². The molecule has 0 spiro atoms. The van der Waals surface area contributed by atoms with Crippen LogP contribution in [0.25, 0.3) is 11.1 Å². The number of rotatable bonds is 2. The fourth-order valence-electron chi connectivity index (χ4n) is 3.00. The first-order chi connectivity index (χ1) is 9.19. The van der Waals surface area contributed by atoms with Crippen LogP contribution in [0.5, 0.6) is 0 Å². The van der Waals surface area contributed by atoms with Crippen LogP contribution >= 0.6 is 11.3 Å². The van der Waals surface area contributed by atoms with Crippen molar-refractivity contribution >= 4 is 16.3 Å². The van der Waals surface area contributed by atoms with E-state index >= 15 is 0 Å². The number of aryl methyl sites for hydroxylation is 1. The standard InChI is InChI=1S/C17H21NS/c1-3-12-5-7-13(8-6-12)16-14-9-4-11(2)10-15(14)19-17(16)18/h5-8,11H,3-4,9-10,18H2,1-2H3. The highest BCUT2D eigenvalue weighted by Gasteiger charge is 2.23. The summed E-state index contributed by atoms with van der Waals surface area (Å²) in [6.07, 6.45) is 4.78. The second kappa shape index (κ2) is 5.01. The zero-order valence-corrected chi connectivity index (χ0v) is 12.5. The molecule has 0 saturated carbocycles. The zero-order chi connectivity index (χ0) is 13.4. The minimum atomic E-state index is 0.806. The lowest BCUT2D eigenvalue weighted by molar-refractivity contribution is 0.508. The van der Waals surface area contributed by atoms with E-state index in [1.165, 1.54) is 46.4 Å². The fraction of sp³-hybridized carbons (Fsp3) is 0.412. The van der Waals surface area contributed by atoms with Crippen molar-refractivity contribution < 1.29 is 0 Å². The Labute approximate surface area is 119 Å². The van der Waals surface area contributed by atoms with Crippen LogP contribution in [0.2, 0.25) is 0 Å². The largest absolute Gasteiger partial charge is 0.390 e. The monoisotopic (exact) mass is 271 g/mol. The lowest BCUT2D eigenvalue weighted by Gasteiger charge is -2.19. The van der Waals surface area contributed by atoms with Gasteiger partial charge in [0.05, 0.1) is 5.00 Å². The number of hydrogen-bond donors (Lipinski definition) is 1. The zero-order valence-electron chi connectivity index (χ0n) is 11.7. The molecule has 0 amide bonds. The van der Waals surface area contributed by atoms with E-state index < -0.39 is 0 Å². The van der Waals surface area contributed by atoms with Gasteiger partial charge in [-0.05, 0) is 48.3 Å². The molecular formula is C17H21NS. The summed E-state index contributed by atoms with van der Waals surface area (Å²) < 4.78 is 0. The van der Waals surface area contributed by atoms with Crippen LogP contribution in [-0.2, 0) is 19.3 Å². The summed E-state index contributed by atoms with van der Waals surface area (Å²) in [6.45, 7) is 4.53. The molecule has 3 rings (SSSR count). The van der Waals surface area contributed by atoms with Gasteiger partial charge < -0.3 is 5.73 Å².